The zero-order valence-corrected chi connectivity index (χ0v) is 17.6. The first kappa shape index (κ1) is 23.6. The topological polar surface area (TPSA) is 89.8 Å². The predicted octanol–water partition coefficient (Wildman–Crippen LogP) is 3.90. The third-order valence-electron chi connectivity index (χ3n) is 5.00. The Kier molecular flexibility index (Phi) is 10.1. The average molecular weight is 412 g/mol. The second kappa shape index (κ2) is 12.8. The zero-order valence-electron chi connectivity index (χ0n) is 17.6. The van der Waals surface area contributed by atoms with E-state index in [0.717, 1.165) is 19.3 Å². The SMILES string of the molecule is CCNC(=O)CCC/C=C/CC1=C(/C=C/C(O)CCc2ccccc2)C(O)=CC1O. The van der Waals surface area contributed by atoms with E-state index in [2.05, 4.69) is 5.32 Å². The van der Waals surface area contributed by atoms with Crippen LogP contribution in [0.4, 0.5) is 0 Å². The fourth-order valence-corrected chi connectivity index (χ4v) is 3.34. The molecule has 0 saturated heterocycles. The minimum atomic E-state index is -0.828. The monoisotopic (exact) mass is 411 g/mol. The number of allylic oxidation sites excluding steroid dienone is 3. The maximum Gasteiger partial charge on any atom is 0.219 e. The molecule has 1 aromatic rings. The maximum atomic E-state index is 11.4. The van der Waals surface area contributed by atoms with Gasteiger partial charge in [-0.05, 0) is 56.2 Å². The molecule has 0 fully saturated rings. The van der Waals surface area contributed by atoms with E-state index < -0.39 is 12.2 Å². The van der Waals surface area contributed by atoms with Crippen LogP contribution in [0.1, 0.15) is 44.6 Å². The third kappa shape index (κ3) is 8.01. The number of aliphatic hydroxyl groups excluding tert-OH is 3. The number of amides is 1. The van der Waals surface area contributed by atoms with Gasteiger partial charge in [0.1, 0.15) is 5.76 Å². The fourth-order valence-electron chi connectivity index (χ4n) is 3.34. The summed E-state index contributed by atoms with van der Waals surface area (Å²) in [7, 11) is 0. The lowest BCUT2D eigenvalue weighted by Crippen LogP contribution is -2.21. The van der Waals surface area contributed by atoms with Gasteiger partial charge in [-0.25, -0.2) is 0 Å². The van der Waals surface area contributed by atoms with Gasteiger partial charge < -0.3 is 20.6 Å². The first-order chi connectivity index (χ1) is 14.5. The highest BCUT2D eigenvalue weighted by Crippen LogP contribution is 2.29. The van der Waals surface area contributed by atoms with Crippen LogP contribution >= 0.6 is 0 Å². The average Bonchev–Trinajstić information content (AvgIpc) is 3.00. The minimum Gasteiger partial charge on any atom is -0.508 e. The van der Waals surface area contributed by atoms with Crippen LogP contribution in [-0.4, -0.2) is 40.0 Å². The highest BCUT2D eigenvalue weighted by Gasteiger charge is 2.22. The quantitative estimate of drug-likeness (QED) is 0.310. The maximum absolute atomic E-state index is 11.4. The minimum absolute atomic E-state index is 0.0358. The molecule has 0 bridgehead atoms. The number of hydrogen-bond donors (Lipinski definition) is 4. The van der Waals surface area contributed by atoms with Crippen LogP contribution in [0, 0.1) is 0 Å². The van der Waals surface area contributed by atoms with E-state index in [-0.39, 0.29) is 11.7 Å². The van der Waals surface area contributed by atoms with Crippen molar-refractivity contribution in [2.45, 2.75) is 57.7 Å². The molecule has 0 aliphatic heterocycles. The van der Waals surface area contributed by atoms with Crippen LogP contribution in [0.25, 0.3) is 0 Å². The molecular weight excluding hydrogens is 378 g/mol. The van der Waals surface area contributed by atoms with Crippen LogP contribution in [0.5, 0.6) is 0 Å². The number of carbonyl (C=O) groups excluding carboxylic acids is 1. The van der Waals surface area contributed by atoms with Crippen molar-refractivity contribution in [2.24, 2.45) is 0 Å². The van der Waals surface area contributed by atoms with Gasteiger partial charge in [-0.2, -0.15) is 0 Å². The summed E-state index contributed by atoms with van der Waals surface area (Å²) in [6.45, 7) is 2.55. The van der Waals surface area contributed by atoms with Crippen molar-refractivity contribution in [3.63, 3.8) is 0 Å². The Balaban J connectivity index is 1.86. The lowest BCUT2D eigenvalue weighted by Gasteiger charge is -2.08. The van der Waals surface area contributed by atoms with Crippen LogP contribution in [0.15, 0.2) is 77.6 Å². The van der Waals surface area contributed by atoms with Crippen molar-refractivity contribution >= 4 is 5.91 Å². The van der Waals surface area contributed by atoms with Crippen LogP contribution in [0.2, 0.25) is 0 Å². The largest absolute Gasteiger partial charge is 0.508 e. The molecule has 1 aliphatic rings. The summed E-state index contributed by atoms with van der Waals surface area (Å²) < 4.78 is 0. The Hall–Kier alpha value is -2.63. The number of aryl methyl sites for hydroxylation is 1. The molecule has 2 unspecified atom stereocenters. The highest BCUT2D eigenvalue weighted by atomic mass is 16.3. The lowest BCUT2D eigenvalue weighted by atomic mass is 10.0. The van der Waals surface area contributed by atoms with E-state index in [0.29, 0.717) is 37.0 Å². The van der Waals surface area contributed by atoms with Gasteiger partial charge in [0.2, 0.25) is 5.91 Å². The summed E-state index contributed by atoms with van der Waals surface area (Å²) in [5.74, 6) is 0.0980. The van der Waals surface area contributed by atoms with Crippen LogP contribution < -0.4 is 5.32 Å². The molecule has 0 aromatic heterocycles. The molecular formula is C25H33NO4. The van der Waals surface area contributed by atoms with Crippen molar-refractivity contribution < 1.29 is 20.1 Å². The van der Waals surface area contributed by atoms with Gasteiger partial charge in [0.15, 0.2) is 0 Å². The molecule has 0 spiro atoms. The fraction of sp³-hybridized carbons (Fsp3) is 0.400. The van der Waals surface area contributed by atoms with Gasteiger partial charge in [-0.15, -0.1) is 0 Å². The molecule has 5 nitrogen and oxygen atoms in total. The Morgan fingerprint density at radius 1 is 1.23 bits per heavy atom. The number of nitrogens with one attached hydrogen (secondary N) is 1. The second-order valence-electron chi connectivity index (χ2n) is 7.41. The van der Waals surface area contributed by atoms with Crippen LogP contribution in [0.3, 0.4) is 0 Å². The summed E-state index contributed by atoms with van der Waals surface area (Å²) in [6, 6.07) is 9.98. The molecule has 2 atom stereocenters. The first-order valence-electron chi connectivity index (χ1n) is 10.7. The second-order valence-corrected chi connectivity index (χ2v) is 7.41. The first-order valence-corrected chi connectivity index (χ1v) is 10.7. The summed E-state index contributed by atoms with van der Waals surface area (Å²) in [6.07, 6.45) is 11.2. The number of hydrogen-bond acceptors (Lipinski definition) is 4. The molecule has 4 N–H and O–H groups in total. The molecule has 162 valence electrons. The number of aliphatic hydroxyl groups is 3. The molecule has 1 aromatic carbocycles. The zero-order chi connectivity index (χ0) is 21.8. The standard InChI is InChI=1S/C25H33NO4/c1-2-26-25(30)13-9-4-3-8-12-21-22(24(29)18-23(21)28)17-16-20(27)15-14-19-10-6-5-7-11-19/h3,5-8,10-11,16-18,20,23,27-29H,2,4,9,12-15H2,1H3,(H,26,30)/b8-3+,17-16+. The van der Waals surface area contributed by atoms with E-state index in [1.54, 1.807) is 12.2 Å². The molecule has 5 heteroatoms. The molecule has 2 rings (SSSR count). The number of carbonyl (C=O) groups is 1. The molecule has 0 saturated carbocycles. The summed E-state index contributed by atoms with van der Waals surface area (Å²) >= 11 is 0. The number of unbranched alkanes of at least 4 members (excludes halogenated alkanes) is 1. The Labute approximate surface area is 179 Å². The molecule has 1 aliphatic carbocycles. The van der Waals surface area contributed by atoms with Gasteiger partial charge in [-0.3, -0.25) is 4.79 Å². The molecule has 0 radical (unpaired) electrons. The Morgan fingerprint density at radius 2 is 2.00 bits per heavy atom. The third-order valence-corrected chi connectivity index (χ3v) is 5.00. The van der Waals surface area contributed by atoms with Crippen LogP contribution in [-0.2, 0) is 11.2 Å². The lowest BCUT2D eigenvalue weighted by molar-refractivity contribution is -0.121. The van der Waals surface area contributed by atoms with Gasteiger partial charge in [0, 0.05) is 18.5 Å². The Bertz CT molecular complexity index is 793. The van der Waals surface area contributed by atoms with E-state index in [1.165, 1.54) is 11.6 Å². The molecule has 1 amide bonds. The normalized spacial score (nSPS) is 17.7. The van der Waals surface area contributed by atoms with Crippen molar-refractivity contribution in [3.05, 3.63) is 83.2 Å². The van der Waals surface area contributed by atoms with E-state index in [4.69, 9.17) is 0 Å². The van der Waals surface area contributed by atoms with Crippen molar-refractivity contribution in [2.75, 3.05) is 6.54 Å². The number of rotatable bonds is 12. The summed E-state index contributed by atoms with van der Waals surface area (Å²) in [5, 5.41) is 33.4. The summed E-state index contributed by atoms with van der Waals surface area (Å²) in [4.78, 5) is 11.4. The predicted molar refractivity (Wildman–Crippen MR) is 120 cm³/mol. The van der Waals surface area contributed by atoms with Crippen molar-refractivity contribution in [1.82, 2.24) is 5.32 Å². The van der Waals surface area contributed by atoms with Gasteiger partial charge in [0.05, 0.1) is 12.2 Å². The van der Waals surface area contributed by atoms with Gasteiger partial charge in [-0.1, -0.05) is 54.6 Å². The molecule has 0 heterocycles. The van der Waals surface area contributed by atoms with Gasteiger partial charge in [0.25, 0.3) is 0 Å². The van der Waals surface area contributed by atoms with E-state index in [1.807, 2.05) is 49.4 Å². The van der Waals surface area contributed by atoms with E-state index >= 15 is 0 Å². The molecule has 30 heavy (non-hydrogen) atoms. The smallest absolute Gasteiger partial charge is 0.219 e. The Morgan fingerprint density at radius 3 is 2.73 bits per heavy atom. The summed E-state index contributed by atoms with van der Waals surface area (Å²) in [5.41, 5.74) is 2.44. The van der Waals surface area contributed by atoms with Crippen molar-refractivity contribution in [1.29, 1.82) is 0 Å². The van der Waals surface area contributed by atoms with Crippen molar-refractivity contribution in [3.8, 4) is 0 Å². The van der Waals surface area contributed by atoms with Gasteiger partial charge >= 0.3 is 0 Å². The van der Waals surface area contributed by atoms with E-state index in [9.17, 15) is 20.1 Å². The highest BCUT2D eigenvalue weighted by molar-refractivity contribution is 5.75. The number of benzene rings is 1.